The van der Waals surface area contributed by atoms with Crippen molar-refractivity contribution in [1.29, 1.82) is 0 Å². The SMILES string of the molecule is CC.CC.CC.CC.CC.CC.CC.CC.CC.Cc1ccc(C#Cc2ccc(OOCc3ccc(C)cc3)cc2)cc1.Cc1ccc(CCc2ccc(CCc3ccc(C)cc3)cc2)cc1.Cc1ccc(OC(=O)c2ccc(OC(=O)c3ccc(C)cc3)cc2)cc1. The van der Waals surface area contributed by atoms with Crippen molar-refractivity contribution in [3.05, 3.63) is 302 Å². The molecule has 0 atom stereocenters. The summed E-state index contributed by atoms with van der Waals surface area (Å²) in [6.07, 6.45) is 4.45. The van der Waals surface area contributed by atoms with Gasteiger partial charge in [-0.2, -0.15) is 4.89 Å². The summed E-state index contributed by atoms with van der Waals surface area (Å²) in [5.74, 6) is 6.90. The molecule has 0 radical (unpaired) electrons. The molecule has 0 saturated carbocycles. The summed E-state index contributed by atoms with van der Waals surface area (Å²) in [5, 5.41) is 0. The topological polar surface area (TPSA) is 71.1 Å². The van der Waals surface area contributed by atoms with Gasteiger partial charge in [-0.15, -0.1) is 0 Å². The van der Waals surface area contributed by atoms with Crippen LogP contribution in [0, 0.1) is 53.4 Å². The molecule has 0 fully saturated rings. The lowest BCUT2D eigenvalue weighted by Gasteiger charge is -2.07. The Bertz CT molecular complexity index is 3170. The van der Waals surface area contributed by atoms with Gasteiger partial charge in [0.05, 0.1) is 11.1 Å². The first-order chi connectivity index (χ1) is 45.4. The summed E-state index contributed by atoms with van der Waals surface area (Å²) in [7, 11) is 0. The largest absolute Gasteiger partial charge is 0.423 e. The fourth-order valence-electron chi connectivity index (χ4n) is 7.47. The van der Waals surface area contributed by atoms with E-state index >= 15 is 0 Å². The number of rotatable bonds is 14. The number of carbonyl (C=O) groups is 2. The molecule has 93 heavy (non-hydrogen) atoms. The van der Waals surface area contributed by atoms with Crippen molar-refractivity contribution >= 4 is 11.9 Å². The lowest BCUT2D eigenvalue weighted by molar-refractivity contribution is -0.217. The first kappa shape index (κ1) is 88.4. The average Bonchev–Trinajstić information content (AvgIpc) is 2.39. The van der Waals surface area contributed by atoms with Gasteiger partial charge in [-0.1, -0.05) is 303 Å². The standard InChI is InChI=1S/C24H26.C23H20O2.C22H18O4.9C2H6/c1-19-3-7-21(8-4-19)11-13-23-15-17-24(18-16-23)14-12-22-9-5-20(2)6-10-22;1-18-3-7-20(8-4-18)11-12-21-13-15-23(16-14-21)25-24-17-22-9-5-19(2)6-10-22;1-15-3-7-17(8-4-15)21(23)26-20-13-9-18(10-14-20)22(24)25-19-11-5-16(2)6-12-19;9*1-2/h3-10,15-18H,11-14H2,1-2H3;3-10,13-16H,17H2,1-2H3;3-14H,1-2H3;9*1-2H3. The van der Waals surface area contributed by atoms with Gasteiger partial charge in [0.1, 0.15) is 18.1 Å². The van der Waals surface area contributed by atoms with E-state index in [1.807, 2.05) is 211 Å². The predicted octanol–water partition coefficient (Wildman–Crippen LogP) is 25.1. The van der Waals surface area contributed by atoms with Gasteiger partial charge in [0.15, 0.2) is 5.75 Å². The van der Waals surface area contributed by atoms with Gasteiger partial charge in [-0.05, 0) is 180 Å². The molecule has 502 valence electrons. The van der Waals surface area contributed by atoms with Gasteiger partial charge in [0, 0.05) is 11.1 Å². The van der Waals surface area contributed by atoms with E-state index < -0.39 is 11.9 Å². The second-order valence-electron chi connectivity index (χ2n) is 18.7. The van der Waals surface area contributed by atoms with E-state index in [9.17, 15) is 9.59 Å². The van der Waals surface area contributed by atoms with E-state index in [0.29, 0.717) is 35.0 Å². The highest BCUT2D eigenvalue weighted by Crippen LogP contribution is 2.19. The van der Waals surface area contributed by atoms with E-state index in [1.165, 1.54) is 44.5 Å². The first-order valence-corrected chi connectivity index (χ1v) is 34.3. The predicted molar refractivity (Wildman–Crippen MR) is 405 cm³/mol. The summed E-state index contributed by atoms with van der Waals surface area (Å²) in [4.78, 5) is 34.9. The molecule has 0 unspecified atom stereocenters. The highest BCUT2D eigenvalue weighted by molar-refractivity contribution is 5.92. The van der Waals surface area contributed by atoms with Crippen molar-refractivity contribution in [3.8, 4) is 29.1 Å². The number of hydrogen-bond acceptors (Lipinski definition) is 6. The molecule has 9 aromatic carbocycles. The molecule has 9 aromatic rings. The fourth-order valence-corrected chi connectivity index (χ4v) is 7.47. The second kappa shape index (κ2) is 58.3. The Hall–Kier alpha value is -8.76. The molecular formula is C87H118O6. The zero-order valence-electron chi connectivity index (χ0n) is 61.8. The molecule has 0 amide bonds. The molecule has 0 spiro atoms. The molecule has 0 aliphatic heterocycles. The molecule has 0 bridgehead atoms. The van der Waals surface area contributed by atoms with Crippen molar-refractivity contribution in [1.82, 2.24) is 0 Å². The van der Waals surface area contributed by atoms with Crippen LogP contribution in [0.1, 0.15) is 218 Å². The number of ether oxygens (including phenoxy) is 2. The van der Waals surface area contributed by atoms with Crippen LogP contribution in [-0.2, 0) is 37.2 Å². The Morgan fingerprint density at radius 1 is 0.258 bits per heavy atom. The van der Waals surface area contributed by atoms with Crippen LogP contribution in [0.2, 0.25) is 0 Å². The van der Waals surface area contributed by atoms with E-state index in [1.54, 1.807) is 48.5 Å². The van der Waals surface area contributed by atoms with Crippen molar-refractivity contribution in [2.45, 2.75) is 198 Å². The minimum absolute atomic E-state index is 0.363. The van der Waals surface area contributed by atoms with Gasteiger partial charge in [0.25, 0.3) is 0 Å². The lowest BCUT2D eigenvalue weighted by Crippen LogP contribution is -2.10. The Morgan fingerprint density at radius 3 is 0.763 bits per heavy atom. The quantitative estimate of drug-likeness (QED) is 0.0355. The van der Waals surface area contributed by atoms with Crippen LogP contribution >= 0.6 is 0 Å². The third-order valence-electron chi connectivity index (χ3n) is 12.2. The van der Waals surface area contributed by atoms with Gasteiger partial charge in [-0.3, -0.25) is 0 Å². The summed E-state index contributed by atoms with van der Waals surface area (Å²) in [6, 6.07) is 71.4. The molecule has 9 rings (SSSR count). The Morgan fingerprint density at radius 2 is 0.462 bits per heavy atom. The number of esters is 2. The van der Waals surface area contributed by atoms with Crippen LogP contribution in [0.5, 0.6) is 17.2 Å². The summed E-state index contributed by atoms with van der Waals surface area (Å²) < 4.78 is 10.6. The summed E-state index contributed by atoms with van der Waals surface area (Å²) >= 11 is 0. The van der Waals surface area contributed by atoms with Crippen LogP contribution in [0.4, 0.5) is 0 Å². The maximum absolute atomic E-state index is 12.2. The first-order valence-electron chi connectivity index (χ1n) is 34.3. The highest BCUT2D eigenvalue weighted by Gasteiger charge is 2.12. The second-order valence-corrected chi connectivity index (χ2v) is 18.7. The molecular weight excluding hydrogens is 1140 g/mol. The maximum atomic E-state index is 12.2. The number of aryl methyl sites for hydroxylation is 10. The van der Waals surface area contributed by atoms with E-state index in [2.05, 4.69) is 137 Å². The lowest BCUT2D eigenvalue weighted by atomic mass is 10.00. The Labute approximate surface area is 567 Å². The van der Waals surface area contributed by atoms with Crippen molar-refractivity contribution in [2.75, 3.05) is 0 Å². The van der Waals surface area contributed by atoms with Crippen LogP contribution < -0.4 is 14.4 Å². The summed E-state index contributed by atoms with van der Waals surface area (Å²) in [6.45, 7) is 48.7. The molecule has 0 N–H and O–H groups in total. The van der Waals surface area contributed by atoms with Crippen LogP contribution in [0.3, 0.4) is 0 Å². The average molecular weight is 1260 g/mol. The van der Waals surface area contributed by atoms with E-state index in [4.69, 9.17) is 19.2 Å². The molecule has 6 nitrogen and oxygen atoms in total. The van der Waals surface area contributed by atoms with Gasteiger partial charge in [-0.25, -0.2) is 9.59 Å². The third kappa shape index (κ3) is 39.3. The molecule has 6 heteroatoms. The Balaban J connectivity index is -0.00000116. The molecule has 0 aliphatic carbocycles. The van der Waals surface area contributed by atoms with Crippen molar-refractivity contribution < 1.29 is 28.8 Å². The van der Waals surface area contributed by atoms with Crippen LogP contribution in [-0.4, -0.2) is 11.9 Å². The minimum atomic E-state index is -0.467. The van der Waals surface area contributed by atoms with Crippen molar-refractivity contribution in [3.63, 3.8) is 0 Å². The number of hydrogen-bond donors (Lipinski definition) is 0. The van der Waals surface area contributed by atoms with Gasteiger partial charge < -0.3 is 14.4 Å². The third-order valence-corrected chi connectivity index (χ3v) is 12.2. The van der Waals surface area contributed by atoms with Gasteiger partial charge >= 0.3 is 11.9 Å². The monoisotopic (exact) mass is 1260 g/mol. The van der Waals surface area contributed by atoms with Crippen LogP contribution in [0.15, 0.2) is 218 Å². The molecule has 0 saturated heterocycles. The molecule has 0 aliphatic rings. The zero-order chi connectivity index (χ0) is 70.8. The van der Waals surface area contributed by atoms with Gasteiger partial charge in [0.2, 0.25) is 0 Å². The molecule has 0 heterocycles. The fraction of sp³-hybridized carbons (Fsp3) is 0.333. The summed E-state index contributed by atoms with van der Waals surface area (Å²) in [5.41, 5.74) is 16.8. The number of benzene rings is 9. The Kier molecular flexibility index (Phi) is 55.5. The van der Waals surface area contributed by atoms with Crippen molar-refractivity contribution in [2.24, 2.45) is 0 Å². The normalized spacial score (nSPS) is 8.90. The van der Waals surface area contributed by atoms with E-state index in [0.717, 1.165) is 53.5 Å². The zero-order valence-corrected chi connectivity index (χ0v) is 61.8. The maximum Gasteiger partial charge on any atom is 0.343 e. The minimum Gasteiger partial charge on any atom is -0.423 e. The smallest absolute Gasteiger partial charge is 0.343 e. The highest BCUT2D eigenvalue weighted by atomic mass is 17.2. The number of carbonyl (C=O) groups excluding carboxylic acids is 2. The molecule has 0 aromatic heterocycles. The van der Waals surface area contributed by atoms with Crippen LogP contribution in [0.25, 0.3) is 0 Å². The van der Waals surface area contributed by atoms with E-state index in [-0.39, 0.29) is 0 Å².